The number of likely N-dealkylation sites (tertiary alicyclic amines) is 1. The van der Waals surface area contributed by atoms with E-state index < -0.39 is 0 Å². The number of nitrogens with zero attached hydrogens (tertiary/aromatic N) is 4. The maximum atomic E-state index is 12.5. The summed E-state index contributed by atoms with van der Waals surface area (Å²) >= 11 is 0. The zero-order chi connectivity index (χ0) is 17.1. The van der Waals surface area contributed by atoms with Crippen LogP contribution in [0.15, 0.2) is 24.7 Å². The third-order valence-electron chi connectivity index (χ3n) is 5.80. The van der Waals surface area contributed by atoms with Gasteiger partial charge in [-0.3, -0.25) is 4.79 Å². The molecule has 25 heavy (non-hydrogen) atoms. The van der Waals surface area contributed by atoms with Gasteiger partial charge in [0, 0.05) is 36.5 Å². The summed E-state index contributed by atoms with van der Waals surface area (Å²) in [5.74, 6) is 0.327. The Hall–Kier alpha value is -1.95. The van der Waals surface area contributed by atoms with Crippen molar-refractivity contribution in [3.05, 3.63) is 30.2 Å². The Balaban J connectivity index is 1.27. The van der Waals surface area contributed by atoms with E-state index in [0.717, 1.165) is 43.2 Å². The smallest absolute Gasteiger partial charge is 0.223 e. The highest BCUT2D eigenvalue weighted by molar-refractivity contribution is 5.78. The van der Waals surface area contributed by atoms with Crippen LogP contribution in [0.5, 0.6) is 0 Å². The molecule has 2 aromatic rings. The number of rotatable bonds is 4. The molecule has 0 aromatic carbocycles. The van der Waals surface area contributed by atoms with Crippen LogP contribution in [0.25, 0.3) is 5.65 Å². The molecular weight excluding hydrogens is 314 g/mol. The minimum Gasteiger partial charge on any atom is -0.352 e. The molecular formula is C19H27N5O. The summed E-state index contributed by atoms with van der Waals surface area (Å²) in [5.41, 5.74) is 1.78. The minimum absolute atomic E-state index is 0.148. The molecule has 0 atom stereocenters. The van der Waals surface area contributed by atoms with E-state index in [0.29, 0.717) is 6.54 Å². The molecule has 1 saturated carbocycles. The molecule has 4 rings (SSSR count). The Labute approximate surface area is 148 Å². The first-order valence-electron chi connectivity index (χ1n) is 9.60. The summed E-state index contributed by atoms with van der Waals surface area (Å²) in [6.07, 6.45) is 14.2. The van der Waals surface area contributed by atoms with Crippen molar-refractivity contribution in [1.82, 2.24) is 24.8 Å². The number of nitrogens with one attached hydrogen (secondary N) is 1. The van der Waals surface area contributed by atoms with Crippen LogP contribution in [0.3, 0.4) is 0 Å². The standard InChI is InChI=1S/C19H27N5O/c25-19(21-13-16-14-22-24-10-4-9-20-18(16)24)15-7-11-23(12-8-15)17-5-2-1-3-6-17/h4,9-10,14-15,17H,1-3,5-8,11-13H2,(H,21,25). The van der Waals surface area contributed by atoms with Gasteiger partial charge in [-0.2, -0.15) is 5.10 Å². The van der Waals surface area contributed by atoms with Crippen LogP contribution < -0.4 is 5.32 Å². The summed E-state index contributed by atoms with van der Waals surface area (Å²) in [6, 6.07) is 2.62. The molecule has 1 N–H and O–H groups in total. The zero-order valence-electron chi connectivity index (χ0n) is 14.7. The van der Waals surface area contributed by atoms with E-state index in [1.807, 2.05) is 12.3 Å². The first-order valence-corrected chi connectivity index (χ1v) is 9.60. The Kier molecular flexibility index (Phi) is 4.97. The van der Waals surface area contributed by atoms with E-state index >= 15 is 0 Å². The number of carbonyl (C=O) groups is 1. The van der Waals surface area contributed by atoms with Gasteiger partial charge >= 0.3 is 0 Å². The van der Waals surface area contributed by atoms with E-state index in [4.69, 9.17) is 0 Å². The van der Waals surface area contributed by atoms with Gasteiger partial charge in [0.25, 0.3) is 0 Å². The van der Waals surface area contributed by atoms with Gasteiger partial charge in [0.1, 0.15) is 0 Å². The van der Waals surface area contributed by atoms with E-state index in [9.17, 15) is 4.79 Å². The van der Waals surface area contributed by atoms with Crippen molar-refractivity contribution in [3.63, 3.8) is 0 Å². The summed E-state index contributed by atoms with van der Waals surface area (Å²) in [5, 5.41) is 7.36. The molecule has 6 nitrogen and oxygen atoms in total. The van der Waals surface area contributed by atoms with Crippen LogP contribution in [0.1, 0.15) is 50.5 Å². The summed E-state index contributed by atoms with van der Waals surface area (Å²) in [7, 11) is 0. The number of aromatic nitrogens is 3. The predicted octanol–water partition coefficient (Wildman–Crippen LogP) is 2.39. The average Bonchev–Trinajstić information content (AvgIpc) is 3.10. The lowest BCUT2D eigenvalue weighted by Gasteiger charge is -2.38. The molecule has 1 aliphatic carbocycles. The van der Waals surface area contributed by atoms with Crippen LogP contribution in [-0.4, -0.2) is 44.5 Å². The lowest BCUT2D eigenvalue weighted by Crippen LogP contribution is -2.45. The van der Waals surface area contributed by atoms with Gasteiger partial charge in [-0.25, -0.2) is 9.50 Å². The number of hydrogen-bond acceptors (Lipinski definition) is 4. The Morgan fingerprint density at radius 3 is 2.76 bits per heavy atom. The van der Waals surface area contributed by atoms with E-state index in [1.54, 1.807) is 16.9 Å². The zero-order valence-corrected chi connectivity index (χ0v) is 14.7. The second kappa shape index (κ2) is 7.52. The molecule has 2 aliphatic rings. The molecule has 1 saturated heterocycles. The average molecular weight is 341 g/mol. The monoisotopic (exact) mass is 341 g/mol. The van der Waals surface area contributed by atoms with Gasteiger partial charge in [-0.15, -0.1) is 0 Å². The number of hydrogen-bond donors (Lipinski definition) is 1. The number of carbonyl (C=O) groups excluding carboxylic acids is 1. The highest BCUT2D eigenvalue weighted by Gasteiger charge is 2.29. The molecule has 0 unspecified atom stereocenters. The van der Waals surface area contributed by atoms with Gasteiger partial charge < -0.3 is 10.2 Å². The topological polar surface area (TPSA) is 62.5 Å². The first kappa shape index (κ1) is 16.5. The predicted molar refractivity (Wildman–Crippen MR) is 96.0 cm³/mol. The molecule has 0 radical (unpaired) electrons. The molecule has 1 amide bonds. The van der Waals surface area contributed by atoms with Crippen molar-refractivity contribution in [1.29, 1.82) is 0 Å². The fourth-order valence-electron chi connectivity index (χ4n) is 4.30. The van der Waals surface area contributed by atoms with Gasteiger partial charge in [0.05, 0.1) is 6.20 Å². The number of amides is 1. The van der Waals surface area contributed by atoms with Crippen LogP contribution in [-0.2, 0) is 11.3 Å². The van der Waals surface area contributed by atoms with Crippen molar-refractivity contribution in [3.8, 4) is 0 Å². The normalized spacial score (nSPS) is 20.8. The Bertz CT molecular complexity index is 713. The third kappa shape index (κ3) is 3.68. The summed E-state index contributed by atoms with van der Waals surface area (Å²) < 4.78 is 1.74. The lowest BCUT2D eigenvalue weighted by molar-refractivity contribution is -0.126. The van der Waals surface area contributed by atoms with E-state index in [1.165, 1.54) is 32.1 Å². The summed E-state index contributed by atoms with van der Waals surface area (Å²) in [4.78, 5) is 19.5. The largest absolute Gasteiger partial charge is 0.352 e. The van der Waals surface area contributed by atoms with Crippen LogP contribution in [0.4, 0.5) is 0 Å². The lowest BCUT2D eigenvalue weighted by atomic mass is 9.90. The van der Waals surface area contributed by atoms with Crippen LogP contribution >= 0.6 is 0 Å². The molecule has 3 heterocycles. The van der Waals surface area contributed by atoms with Crippen molar-refractivity contribution >= 4 is 11.6 Å². The SMILES string of the molecule is O=C(NCc1cnn2cccnc12)C1CCN(C2CCCCC2)CC1. The Morgan fingerprint density at radius 1 is 1.16 bits per heavy atom. The highest BCUT2D eigenvalue weighted by atomic mass is 16.1. The minimum atomic E-state index is 0.148. The van der Waals surface area contributed by atoms with E-state index in [2.05, 4.69) is 20.3 Å². The van der Waals surface area contributed by atoms with Gasteiger partial charge in [-0.1, -0.05) is 19.3 Å². The second-order valence-corrected chi connectivity index (χ2v) is 7.38. The fourth-order valence-corrected chi connectivity index (χ4v) is 4.30. The van der Waals surface area contributed by atoms with Gasteiger partial charge in [-0.05, 0) is 44.8 Å². The number of fused-ring (bicyclic) bond motifs is 1. The molecule has 0 spiro atoms. The fraction of sp³-hybridized carbons (Fsp3) is 0.632. The molecule has 2 fully saturated rings. The maximum absolute atomic E-state index is 12.5. The maximum Gasteiger partial charge on any atom is 0.223 e. The molecule has 1 aliphatic heterocycles. The van der Waals surface area contributed by atoms with Gasteiger partial charge in [0.2, 0.25) is 5.91 Å². The van der Waals surface area contributed by atoms with Crippen LogP contribution in [0.2, 0.25) is 0 Å². The second-order valence-electron chi connectivity index (χ2n) is 7.38. The first-order chi connectivity index (χ1) is 12.3. The summed E-state index contributed by atoms with van der Waals surface area (Å²) in [6.45, 7) is 2.64. The molecule has 2 aromatic heterocycles. The quantitative estimate of drug-likeness (QED) is 0.927. The molecule has 6 heteroatoms. The number of piperidine rings is 1. The highest BCUT2D eigenvalue weighted by Crippen LogP contribution is 2.27. The van der Waals surface area contributed by atoms with Gasteiger partial charge in [0.15, 0.2) is 5.65 Å². The molecule has 134 valence electrons. The Morgan fingerprint density at radius 2 is 1.96 bits per heavy atom. The molecule has 0 bridgehead atoms. The van der Waals surface area contributed by atoms with E-state index in [-0.39, 0.29) is 11.8 Å². The van der Waals surface area contributed by atoms with Crippen molar-refractivity contribution in [2.45, 2.75) is 57.5 Å². The van der Waals surface area contributed by atoms with Crippen LogP contribution in [0, 0.1) is 5.92 Å². The van der Waals surface area contributed by atoms with Crippen molar-refractivity contribution < 1.29 is 4.79 Å². The third-order valence-corrected chi connectivity index (χ3v) is 5.80. The van der Waals surface area contributed by atoms with Crippen molar-refractivity contribution in [2.24, 2.45) is 5.92 Å². The van der Waals surface area contributed by atoms with Crippen molar-refractivity contribution in [2.75, 3.05) is 13.1 Å².